The summed E-state index contributed by atoms with van der Waals surface area (Å²) >= 11 is 6.78. The number of nitrogens with one attached hydrogen (secondary N) is 1. The fraction of sp³-hybridized carbons (Fsp3) is 0.286. The van der Waals surface area contributed by atoms with Gasteiger partial charge in [0, 0.05) is 17.6 Å². The number of nitrogens with zero attached hydrogens (tertiary/aromatic N) is 2. The summed E-state index contributed by atoms with van der Waals surface area (Å²) in [5.74, 6) is 0. The highest BCUT2D eigenvalue weighted by molar-refractivity contribution is 9.10. The van der Waals surface area contributed by atoms with Crippen molar-refractivity contribution in [1.29, 1.82) is 0 Å². The molecule has 106 valence electrons. The molecule has 0 aliphatic carbocycles. The van der Waals surface area contributed by atoms with E-state index in [0.717, 1.165) is 16.6 Å². The molecule has 6 heteroatoms. The summed E-state index contributed by atoms with van der Waals surface area (Å²) < 4.78 is 2.88. The molecule has 1 aromatic carbocycles. The molecule has 0 saturated heterocycles. The van der Waals surface area contributed by atoms with Crippen LogP contribution in [-0.4, -0.2) is 15.8 Å². The minimum atomic E-state index is -0.148. The van der Waals surface area contributed by atoms with E-state index in [1.807, 2.05) is 12.1 Å². The predicted molar refractivity (Wildman–Crippen MR) is 88.1 cm³/mol. The van der Waals surface area contributed by atoms with Crippen molar-refractivity contribution in [1.82, 2.24) is 9.78 Å². The van der Waals surface area contributed by atoms with Crippen LogP contribution in [0.3, 0.4) is 0 Å². The molecule has 0 aliphatic rings. The SMILES string of the molecule is CC(Cc1cccc(Br)c1)Nc1cnn(C)c(=O)c1Br. The molecule has 1 aromatic heterocycles. The summed E-state index contributed by atoms with van der Waals surface area (Å²) in [6.07, 6.45) is 2.52. The summed E-state index contributed by atoms with van der Waals surface area (Å²) in [6.45, 7) is 2.07. The molecule has 2 aromatic rings. The van der Waals surface area contributed by atoms with Crippen LogP contribution in [-0.2, 0) is 13.5 Å². The number of hydrogen-bond donors (Lipinski definition) is 1. The van der Waals surface area contributed by atoms with Gasteiger partial charge in [-0.15, -0.1) is 0 Å². The largest absolute Gasteiger partial charge is 0.380 e. The Morgan fingerprint density at radius 3 is 2.85 bits per heavy atom. The van der Waals surface area contributed by atoms with Crippen molar-refractivity contribution in [3.05, 3.63) is 55.3 Å². The molecule has 0 fully saturated rings. The zero-order valence-corrected chi connectivity index (χ0v) is 14.4. The van der Waals surface area contributed by atoms with E-state index in [1.165, 1.54) is 10.2 Å². The van der Waals surface area contributed by atoms with E-state index in [1.54, 1.807) is 13.2 Å². The average Bonchev–Trinajstić information content (AvgIpc) is 2.39. The van der Waals surface area contributed by atoms with Crippen molar-refractivity contribution in [3.63, 3.8) is 0 Å². The van der Waals surface area contributed by atoms with Gasteiger partial charge in [-0.3, -0.25) is 4.79 Å². The minimum Gasteiger partial charge on any atom is -0.380 e. The second-order valence-electron chi connectivity index (χ2n) is 4.68. The molecule has 0 spiro atoms. The van der Waals surface area contributed by atoms with Crippen LogP contribution < -0.4 is 10.9 Å². The fourth-order valence-corrected chi connectivity index (χ4v) is 2.87. The van der Waals surface area contributed by atoms with Crippen LogP contribution in [0.2, 0.25) is 0 Å². The lowest BCUT2D eigenvalue weighted by Gasteiger charge is -2.16. The van der Waals surface area contributed by atoms with Crippen molar-refractivity contribution < 1.29 is 0 Å². The molecule has 1 atom stereocenters. The number of rotatable bonds is 4. The van der Waals surface area contributed by atoms with Gasteiger partial charge in [-0.2, -0.15) is 5.10 Å². The first-order valence-corrected chi connectivity index (χ1v) is 7.78. The van der Waals surface area contributed by atoms with Crippen molar-refractivity contribution in [2.24, 2.45) is 7.05 Å². The van der Waals surface area contributed by atoms with E-state index in [9.17, 15) is 4.79 Å². The summed E-state index contributed by atoms with van der Waals surface area (Å²) in [4.78, 5) is 11.8. The first-order chi connectivity index (χ1) is 9.47. The second kappa shape index (κ2) is 6.54. The van der Waals surface area contributed by atoms with Crippen LogP contribution in [0.5, 0.6) is 0 Å². The molecular weight excluding hydrogens is 386 g/mol. The van der Waals surface area contributed by atoms with Gasteiger partial charge in [0.1, 0.15) is 4.47 Å². The third kappa shape index (κ3) is 3.70. The Hall–Kier alpha value is -1.14. The van der Waals surface area contributed by atoms with Crippen LogP contribution in [0.25, 0.3) is 0 Å². The molecule has 0 radical (unpaired) electrons. The van der Waals surface area contributed by atoms with E-state index in [2.05, 4.69) is 61.3 Å². The summed E-state index contributed by atoms with van der Waals surface area (Å²) in [5.41, 5.74) is 1.80. The van der Waals surface area contributed by atoms with E-state index < -0.39 is 0 Å². The van der Waals surface area contributed by atoms with Crippen molar-refractivity contribution in [2.45, 2.75) is 19.4 Å². The zero-order valence-electron chi connectivity index (χ0n) is 11.2. The van der Waals surface area contributed by atoms with E-state index >= 15 is 0 Å². The van der Waals surface area contributed by atoms with Crippen LogP contribution in [0, 0.1) is 0 Å². The molecule has 0 amide bonds. The Labute approximate surface area is 134 Å². The van der Waals surface area contributed by atoms with E-state index in [4.69, 9.17) is 0 Å². The number of benzene rings is 1. The Morgan fingerprint density at radius 2 is 2.15 bits per heavy atom. The van der Waals surface area contributed by atoms with Gasteiger partial charge in [0.25, 0.3) is 5.56 Å². The molecule has 20 heavy (non-hydrogen) atoms. The second-order valence-corrected chi connectivity index (χ2v) is 6.39. The molecule has 1 unspecified atom stereocenters. The molecule has 1 heterocycles. The van der Waals surface area contributed by atoms with E-state index in [0.29, 0.717) is 4.47 Å². The third-order valence-corrected chi connectivity index (χ3v) is 4.17. The van der Waals surface area contributed by atoms with Crippen LogP contribution in [0.15, 0.2) is 44.2 Å². The molecule has 0 bridgehead atoms. The van der Waals surface area contributed by atoms with Crippen LogP contribution >= 0.6 is 31.9 Å². The first-order valence-electron chi connectivity index (χ1n) is 6.20. The molecule has 0 aliphatic heterocycles. The Kier molecular flexibility index (Phi) is 4.99. The van der Waals surface area contributed by atoms with Crippen molar-refractivity contribution in [3.8, 4) is 0 Å². The Bertz CT molecular complexity index is 670. The molecule has 0 saturated carbocycles. The molecule has 1 N–H and O–H groups in total. The number of halogens is 2. The lowest BCUT2D eigenvalue weighted by molar-refractivity contribution is 0.699. The summed E-state index contributed by atoms with van der Waals surface area (Å²) in [7, 11) is 1.63. The number of aromatic nitrogens is 2. The van der Waals surface area contributed by atoms with Gasteiger partial charge >= 0.3 is 0 Å². The first kappa shape index (κ1) is 15.3. The maximum Gasteiger partial charge on any atom is 0.282 e. The number of hydrogen-bond acceptors (Lipinski definition) is 3. The smallest absolute Gasteiger partial charge is 0.282 e. The fourth-order valence-electron chi connectivity index (χ4n) is 1.95. The third-order valence-electron chi connectivity index (χ3n) is 2.91. The van der Waals surface area contributed by atoms with Gasteiger partial charge in [-0.1, -0.05) is 28.1 Å². The number of anilines is 1. The maximum absolute atomic E-state index is 11.8. The van der Waals surface area contributed by atoms with Gasteiger partial charge in [-0.25, -0.2) is 4.68 Å². The Morgan fingerprint density at radius 1 is 1.40 bits per heavy atom. The van der Waals surface area contributed by atoms with Gasteiger partial charge in [0.2, 0.25) is 0 Å². The standard InChI is InChI=1S/C14H15Br2N3O/c1-9(6-10-4-3-5-11(15)7-10)18-12-8-17-19(2)14(20)13(12)16/h3-5,7-9,18H,6H2,1-2H3. The summed E-state index contributed by atoms with van der Waals surface area (Å²) in [5, 5.41) is 7.33. The highest BCUT2D eigenvalue weighted by Crippen LogP contribution is 2.19. The lowest BCUT2D eigenvalue weighted by atomic mass is 10.1. The van der Waals surface area contributed by atoms with Gasteiger partial charge < -0.3 is 5.32 Å². The normalized spacial score (nSPS) is 12.2. The summed E-state index contributed by atoms with van der Waals surface area (Å²) in [6, 6.07) is 8.38. The number of aryl methyl sites for hydroxylation is 1. The van der Waals surface area contributed by atoms with E-state index in [-0.39, 0.29) is 11.6 Å². The van der Waals surface area contributed by atoms with Crippen LogP contribution in [0.4, 0.5) is 5.69 Å². The van der Waals surface area contributed by atoms with Crippen molar-refractivity contribution in [2.75, 3.05) is 5.32 Å². The lowest BCUT2D eigenvalue weighted by Crippen LogP contribution is -2.24. The molecule has 2 rings (SSSR count). The highest BCUT2D eigenvalue weighted by Gasteiger charge is 2.10. The molecular formula is C14H15Br2N3O. The van der Waals surface area contributed by atoms with Crippen LogP contribution in [0.1, 0.15) is 12.5 Å². The van der Waals surface area contributed by atoms with Gasteiger partial charge in [-0.05, 0) is 47.0 Å². The zero-order chi connectivity index (χ0) is 14.7. The highest BCUT2D eigenvalue weighted by atomic mass is 79.9. The van der Waals surface area contributed by atoms with Gasteiger partial charge in [0.05, 0.1) is 11.9 Å². The Balaban J connectivity index is 2.10. The monoisotopic (exact) mass is 399 g/mol. The topological polar surface area (TPSA) is 46.9 Å². The van der Waals surface area contributed by atoms with Gasteiger partial charge in [0.15, 0.2) is 0 Å². The predicted octanol–water partition coefficient (Wildman–Crippen LogP) is 3.35. The minimum absolute atomic E-state index is 0.148. The maximum atomic E-state index is 11.8. The average molecular weight is 401 g/mol. The quantitative estimate of drug-likeness (QED) is 0.855. The van der Waals surface area contributed by atoms with Crippen molar-refractivity contribution >= 4 is 37.5 Å². The molecule has 4 nitrogen and oxygen atoms in total.